The van der Waals surface area contributed by atoms with E-state index in [9.17, 15) is 14.4 Å². The van der Waals surface area contributed by atoms with Gasteiger partial charge in [0.05, 0.1) is 16.2 Å². The predicted molar refractivity (Wildman–Crippen MR) is 94.2 cm³/mol. The summed E-state index contributed by atoms with van der Waals surface area (Å²) < 4.78 is 1.58. The van der Waals surface area contributed by atoms with Gasteiger partial charge in [-0.25, -0.2) is 9.78 Å². The molecule has 128 valence electrons. The quantitative estimate of drug-likeness (QED) is 0.634. The fourth-order valence-corrected chi connectivity index (χ4v) is 3.08. The Morgan fingerprint density at radius 2 is 2.04 bits per heavy atom. The van der Waals surface area contributed by atoms with Crippen molar-refractivity contribution in [2.45, 2.75) is 37.2 Å². The minimum absolute atomic E-state index is 0.121. The molecule has 0 bridgehead atoms. The number of thioether (sulfide) groups is 1. The number of nitrogens with zero attached hydrogens (tertiary/aromatic N) is 2. The first kappa shape index (κ1) is 18.0. The number of carbonyl (C=O) groups excluding carboxylic acids is 2. The molecule has 1 atom stereocenters. The number of imide groups is 1. The van der Waals surface area contributed by atoms with Crippen LogP contribution in [0.3, 0.4) is 0 Å². The normalized spacial score (nSPS) is 12.0. The molecule has 2 N–H and O–H groups in total. The molecule has 0 saturated heterocycles. The second-order valence-corrected chi connectivity index (χ2v) is 6.50. The molecule has 0 aliphatic rings. The standard InChI is InChI=1S/C16H20N4O3S/c1-4-9-20-14(22)11-7-5-6-8-12(11)18-16(20)24-10(2)13(21)19-15(23)17-3/h5-8,10H,4,9H2,1-3H3,(H2,17,19,21,23)/t10-/m0/s1. The van der Waals surface area contributed by atoms with E-state index in [4.69, 9.17) is 0 Å². The molecule has 2 rings (SSSR count). The van der Waals surface area contributed by atoms with Gasteiger partial charge in [-0.05, 0) is 25.5 Å². The van der Waals surface area contributed by atoms with E-state index in [1.807, 2.05) is 13.0 Å². The van der Waals surface area contributed by atoms with E-state index in [0.717, 1.165) is 18.2 Å². The van der Waals surface area contributed by atoms with Gasteiger partial charge in [0, 0.05) is 13.6 Å². The van der Waals surface area contributed by atoms with Gasteiger partial charge in [-0.3, -0.25) is 19.5 Å². The lowest BCUT2D eigenvalue weighted by Crippen LogP contribution is -2.41. The fraction of sp³-hybridized carbons (Fsp3) is 0.375. The van der Waals surface area contributed by atoms with Crippen molar-refractivity contribution in [2.24, 2.45) is 0 Å². The summed E-state index contributed by atoms with van der Waals surface area (Å²) >= 11 is 1.16. The van der Waals surface area contributed by atoms with Gasteiger partial charge in [0.2, 0.25) is 5.91 Å². The lowest BCUT2D eigenvalue weighted by Gasteiger charge is -2.15. The third-order valence-electron chi connectivity index (χ3n) is 3.39. The van der Waals surface area contributed by atoms with Gasteiger partial charge in [0.25, 0.3) is 5.56 Å². The number of benzene rings is 1. The van der Waals surface area contributed by atoms with E-state index in [2.05, 4.69) is 15.6 Å². The van der Waals surface area contributed by atoms with Gasteiger partial charge in [0.15, 0.2) is 5.16 Å². The molecule has 1 heterocycles. The number of carbonyl (C=O) groups is 2. The topological polar surface area (TPSA) is 93.1 Å². The molecule has 0 radical (unpaired) electrons. The van der Waals surface area contributed by atoms with Crippen LogP contribution in [-0.4, -0.2) is 33.8 Å². The number of amides is 3. The average molecular weight is 348 g/mol. The van der Waals surface area contributed by atoms with Crippen LogP contribution >= 0.6 is 11.8 Å². The largest absolute Gasteiger partial charge is 0.341 e. The number of urea groups is 1. The average Bonchev–Trinajstić information content (AvgIpc) is 2.58. The number of rotatable bonds is 5. The van der Waals surface area contributed by atoms with Crippen molar-refractivity contribution in [1.29, 1.82) is 0 Å². The highest BCUT2D eigenvalue weighted by Crippen LogP contribution is 2.22. The van der Waals surface area contributed by atoms with Crippen LogP contribution in [0.2, 0.25) is 0 Å². The Balaban J connectivity index is 2.36. The molecular formula is C16H20N4O3S. The van der Waals surface area contributed by atoms with Crippen LogP contribution in [0.5, 0.6) is 0 Å². The Kier molecular flexibility index (Phi) is 5.97. The first-order valence-corrected chi connectivity index (χ1v) is 8.54. The second kappa shape index (κ2) is 7.96. The van der Waals surface area contributed by atoms with Gasteiger partial charge in [-0.1, -0.05) is 30.8 Å². The van der Waals surface area contributed by atoms with Crippen molar-refractivity contribution in [3.8, 4) is 0 Å². The molecule has 7 nitrogen and oxygen atoms in total. The first-order chi connectivity index (χ1) is 11.5. The van der Waals surface area contributed by atoms with Gasteiger partial charge >= 0.3 is 6.03 Å². The summed E-state index contributed by atoms with van der Waals surface area (Å²) in [6.07, 6.45) is 0.770. The van der Waals surface area contributed by atoms with Crippen molar-refractivity contribution in [2.75, 3.05) is 7.05 Å². The van der Waals surface area contributed by atoms with Crippen LogP contribution < -0.4 is 16.2 Å². The van der Waals surface area contributed by atoms with Crippen LogP contribution in [0, 0.1) is 0 Å². The van der Waals surface area contributed by atoms with E-state index in [1.54, 1.807) is 29.7 Å². The molecule has 0 unspecified atom stereocenters. The fourth-order valence-electron chi connectivity index (χ4n) is 2.15. The highest BCUT2D eigenvalue weighted by atomic mass is 32.2. The highest BCUT2D eigenvalue weighted by Gasteiger charge is 2.20. The van der Waals surface area contributed by atoms with Crippen LogP contribution in [-0.2, 0) is 11.3 Å². The Hall–Kier alpha value is -2.35. The molecule has 1 aromatic heterocycles. The summed E-state index contributed by atoms with van der Waals surface area (Å²) in [7, 11) is 1.43. The van der Waals surface area contributed by atoms with Crippen molar-refractivity contribution in [1.82, 2.24) is 20.2 Å². The Bertz CT molecular complexity index is 819. The summed E-state index contributed by atoms with van der Waals surface area (Å²) in [6.45, 7) is 4.15. The highest BCUT2D eigenvalue weighted by molar-refractivity contribution is 8.00. The Morgan fingerprint density at radius 1 is 1.33 bits per heavy atom. The van der Waals surface area contributed by atoms with Crippen LogP contribution in [0.1, 0.15) is 20.3 Å². The third kappa shape index (κ3) is 3.94. The maximum Gasteiger partial charge on any atom is 0.321 e. The Labute approximate surface area is 143 Å². The number of aromatic nitrogens is 2. The molecule has 3 amide bonds. The Morgan fingerprint density at radius 3 is 2.71 bits per heavy atom. The minimum atomic E-state index is -0.571. The van der Waals surface area contributed by atoms with Crippen molar-refractivity contribution in [3.05, 3.63) is 34.6 Å². The first-order valence-electron chi connectivity index (χ1n) is 7.66. The number of fused-ring (bicyclic) bond motifs is 1. The summed E-state index contributed by atoms with van der Waals surface area (Å²) in [4.78, 5) is 40.5. The van der Waals surface area contributed by atoms with E-state index < -0.39 is 17.2 Å². The number of hydrogen-bond donors (Lipinski definition) is 2. The van der Waals surface area contributed by atoms with E-state index in [-0.39, 0.29) is 5.56 Å². The van der Waals surface area contributed by atoms with Gasteiger partial charge in [-0.2, -0.15) is 0 Å². The maximum absolute atomic E-state index is 12.7. The molecule has 2 aromatic rings. The third-order valence-corrected chi connectivity index (χ3v) is 4.48. The lowest BCUT2D eigenvalue weighted by molar-refractivity contribution is -0.119. The molecule has 0 saturated carbocycles. The van der Waals surface area contributed by atoms with Crippen molar-refractivity contribution in [3.63, 3.8) is 0 Å². The summed E-state index contributed by atoms with van der Waals surface area (Å²) in [5.74, 6) is -0.440. The van der Waals surface area contributed by atoms with Gasteiger partial charge in [-0.15, -0.1) is 0 Å². The lowest BCUT2D eigenvalue weighted by atomic mass is 10.2. The zero-order valence-corrected chi connectivity index (χ0v) is 14.6. The maximum atomic E-state index is 12.7. The van der Waals surface area contributed by atoms with Crippen LogP contribution in [0.25, 0.3) is 10.9 Å². The number of para-hydroxylation sites is 1. The minimum Gasteiger partial charge on any atom is -0.341 e. The molecule has 0 aliphatic heterocycles. The number of hydrogen-bond acceptors (Lipinski definition) is 5. The monoisotopic (exact) mass is 348 g/mol. The van der Waals surface area contributed by atoms with Crippen LogP contribution in [0.15, 0.2) is 34.2 Å². The summed E-state index contributed by atoms with van der Waals surface area (Å²) in [5, 5.41) is 5.01. The molecule has 0 aliphatic carbocycles. The predicted octanol–water partition coefficient (Wildman–Crippen LogP) is 1.74. The number of nitrogens with one attached hydrogen (secondary N) is 2. The summed E-state index contributed by atoms with van der Waals surface area (Å²) in [6, 6.07) is 6.56. The molecule has 24 heavy (non-hydrogen) atoms. The summed E-state index contributed by atoms with van der Waals surface area (Å²) in [5.41, 5.74) is 0.472. The SMILES string of the molecule is CCCn1c(S[C@@H](C)C(=O)NC(=O)NC)nc2ccccc2c1=O. The smallest absolute Gasteiger partial charge is 0.321 e. The van der Waals surface area contributed by atoms with E-state index in [0.29, 0.717) is 22.6 Å². The zero-order valence-electron chi connectivity index (χ0n) is 13.8. The van der Waals surface area contributed by atoms with Crippen molar-refractivity contribution >= 4 is 34.6 Å². The molecule has 0 fully saturated rings. The van der Waals surface area contributed by atoms with Crippen molar-refractivity contribution < 1.29 is 9.59 Å². The van der Waals surface area contributed by atoms with E-state index >= 15 is 0 Å². The molecule has 8 heteroatoms. The molecule has 1 aromatic carbocycles. The van der Waals surface area contributed by atoms with Gasteiger partial charge < -0.3 is 5.32 Å². The van der Waals surface area contributed by atoms with Crippen LogP contribution in [0.4, 0.5) is 4.79 Å². The van der Waals surface area contributed by atoms with E-state index in [1.165, 1.54) is 7.05 Å². The van der Waals surface area contributed by atoms with Gasteiger partial charge in [0.1, 0.15) is 0 Å². The molecule has 0 spiro atoms. The zero-order chi connectivity index (χ0) is 17.7. The molecular weight excluding hydrogens is 328 g/mol. The second-order valence-electron chi connectivity index (χ2n) is 5.20.